The molecular formula is C39H74NO7P. The Bertz CT molecular complexity index is 833. The van der Waals surface area contributed by atoms with Crippen LogP contribution in [0.5, 0.6) is 0 Å². The van der Waals surface area contributed by atoms with Gasteiger partial charge in [0.15, 0.2) is 0 Å². The standard InChI is InChI=1S/C39H74NO7P/c1-3-5-7-9-11-13-15-17-19-20-22-24-26-28-30-32-39(41)47-38(37-46-48(42,43)45-35-33-40)36-44-34-31-29-27-25-23-21-18-16-14-12-10-8-6-4-2/h11,13-14,16-17,19,38H,3-10,12,15,18,20-37,40H2,1-2H3,(H,42,43)/b13-11-,16-14-,19-17-. The molecule has 0 aliphatic rings. The van der Waals surface area contributed by atoms with E-state index in [-0.39, 0.29) is 32.3 Å². The molecule has 0 radical (unpaired) electrons. The largest absolute Gasteiger partial charge is 0.472 e. The molecule has 0 aromatic carbocycles. The normalized spacial score (nSPS) is 14.0. The average molecular weight is 700 g/mol. The summed E-state index contributed by atoms with van der Waals surface area (Å²) in [7, 11) is -4.28. The highest BCUT2D eigenvalue weighted by atomic mass is 31.2. The molecule has 0 aliphatic carbocycles. The van der Waals surface area contributed by atoms with Crippen molar-refractivity contribution in [2.75, 3.05) is 33.0 Å². The highest BCUT2D eigenvalue weighted by Gasteiger charge is 2.25. The SMILES string of the molecule is CCCCC/C=C\C/C=C\CCCCCCCC(=O)OC(COCCCCCCCC/C=C\CCCCCC)COP(=O)(O)OCCN. The fourth-order valence-corrected chi connectivity index (χ4v) is 5.90. The molecule has 9 heteroatoms. The molecule has 0 amide bonds. The third-order valence-electron chi connectivity index (χ3n) is 8.03. The Kier molecular flexibility index (Phi) is 36.0. The van der Waals surface area contributed by atoms with Crippen molar-refractivity contribution in [3.63, 3.8) is 0 Å². The van der Waals surface area contributed by atoms with Crippen molar-refractivity contribution >= 4 is 13.8 Å². The first kappa shape index (κ1) is 46.7. The van der Waals surface area contributed by atoms with Gasteiger partial charge in [-0.15, -0.1) is 0 Å². The van der Waals surface area contributed by atoms with Crippen LogP contribution in [0.3, 0.4) is 0 Å². The lowest BCUT2D eigenvalue weighted by molar-refractivity contribution is -0.154. The first-order valence-electron chi connectivity index (χ1n) is 19.5. The Morgan fingerprint density at radius 1 is 0.625 bits per heavy atom. The molecule has 0 fully saturated rings. The van der Waals surface area contributed by atoms with Crippen LogP contribution in [0.2, 0.25) is 0 Å². The molecule has 0 saturated carbocycles. The Hall–Kier alpha value is -1.28. The highest BCUT2D eigenvalue weighted by molar-refractivity contribution is 7.47. The number of ether oxygens (including phenoxy) is 2. The number of allylic oxidation sites excluding steroid dienone is 6. The van der Waals surface area contributed by atoms with Gasteiger partial charge in [0, 0.05) is 19.6 Å². The maximum atomic E-state index is 12.5. The Morgan fingerprint density at radius 3 is 1.69 bits per heavy atom. The smallest absolute Gasteiger partial charge is 0.457 e. The number of hydrogen-bond donors (Lipinski definition) is 2. The Balaban J connectivity index is 4.12. The quantitative estimate of drug-likeness (QED) is 0.0285. The van der Waals surface area contributed by atoms with Crippen molar-refractivity contribution in [2.45, 2.75) is 174 Å². The third kappa shape index (κ3) is 36.0. The minimum Gasteiger partial charge on any atom is -0.457 e. The highest BCUT2D eigenvalue weighted by Crippen LogP contribution is 2.43. The second kappa shape index (κ2) is 37.0. The van der Waals surface area contributed by atoms with Gasteiger partial charge < -0.3 is 20.1 Å². The number of carbonyl (C=O) groups excluding carboxylic acids is 1. The maximum absolute atomic E-state index is 12.5. The molecule has 0 bridgehead atoms. The van der Waals surface area contributed by atoms with Gasteiger partial charge in [-0.05, 0) is 70.6 Å². The lowest BCUT2D eigenvalue weighted by Gasteiger charge is -2.20. The monoisotopic (exact) mass is 700 g/mol. The number of rotatable bonds is 37. The van der Waals surface area contributed by atoms with Crippen molar-refractivity contribution in [1.29, 1.82) is 0 Å². The third-order valence-corrected chi connectivity index (χ3v) is 9.01. The van der Waals surface area contributed by atoms with Gasteiger partial charge in [0.1, 0.15) is 6.10 Å². The van der Waals surface area contributed by atoms with E-state index >= 15 is 0 Å². The van der Waals surface area contributed by atoms with Crippen LogP contribution < -0.4 is 5.73 Å². The van der Waals surface area contributed by atoms with Crippen molar-refractivity contribution in [2.24, 2.45) is 5.73 Å². The molecule has 0 spiro atoms. The van der Waals surface area contributed by atoms with E-state index in [0.29, 0.717) is 13.0 Å². The minimum absolute atomic E-state index is 0.0965. The van der Waals surface area contributed by atoms with E-state index in [1.54, 1.807) is 0 Å². The van der Waals surface area contributed by atoms with Crippen molar-refractivity contribution in [3.8, 4) is 0 Å². The van der Waals surface area contributed by atoms with E-state index in [9.17, 15) is 14.3 Å². The van der Waals surface area contributed by atoms with Gasteiger partial charge in [0.2, 0.25) is 0 Å². The van der Waals surface area contributed by atoms with Gasteiger partial charge in [-0.2, -0.15) is 0 Å². The molecular weight excluding hydrogens is 625 g/mol. The van der Waals surface area contributed by atoms with Gasteiger partial charge in [-0.25, -0.2) is 4.57 Å². The molecule has 0 rings (SSSR count). The van der Waals surface area contributed by atoms with E-state index in [1.807, 2.05) is 0 Å². The van der Waals surface area contributed by atoms with Crippen LogP contribution >= 0.6 is 7.82 Å². The number of esters is 1. The van der Waals surface area contributed by atoms with Crippen LogP contribution in [0.1, 0.15) is 168 Å². The summed E-state index contributed by atoms with van der Waals surface area (Å²) >= 11 is 0. The van der Waals surface area contributed by atoms with Crippen LogP contribution in [-0.4, -0.2) is 49.9 Å². The lowest BCUT2D eigenvalue weighted by Crippen LogP contribution is -2.28. The number of unbranched alkanes of at least 4 members (excludes halogenated alkanes) is 18. The van der Waals surface area contributed by atoms with Gasteiger partial charge >= 0.3 is 13.8 Å². The van der Waals surface area contributed by atoms with Crippen molar-refractivity contribution in [3.05, 3.63) is 36.5 Å². The predicted molar refractivity (Wildman–Crippen MR) is 201 cm³/mol. The molecule has 2 atom stereocenters. The number of nitrogens with two attached hydrogens (primary N) is 1. The summed E-state index contributed by atoms with van der Waals surface area (Å²) < 4.78 is 33.3. The Morgan fingerprint density at radius 2 is 1.10 bits per heavy atom. The summed E-state index contributed by atoms with van der Waals surface area (Å²) in [5.41, 5.74) is 5.35. The predicted octanol–water partition coefficient (Wildman–Crippen LogP) is 11.1. The van der Waals surface area contributed by atoms with E-state index in [1.165, 1.54) is 89.9 Å². The molecule has 0 aromatic rings. The Labute approximate surface area is 295 Å². The number of phosphoric acid groups is 1. The molecule has 8 nitrogen and oxygen atoms in total. The minimum atomic E-state index is -4.28. The molecule has 282 valence electrons. The summed E-state index contributed by atoms with van der Waals surface area (Å²) in [5.74, 6) is -0.347. The number of phosphoric ester groups is 1. The summed E-state index contributed by atoms with van der Waals surface area (Å²) in [6.45, 7) is 4.84. The van der Waals surface area contributed by atoms with Gasteiger partial charge in [-0.1, -0.05) is 127 Å². The zero-order valence-electron chi connectivity index (χ0n) is 31.0. The summed E-state index contributed by atoms with van der Waals surface area (Å²) in [6.07, 6.45) is 40.1. The first-order chi connectivity index (χ1) is 23.4. The van der Waals surface area contributed by atoms with E-state index in [0.717, 1.165) is 57.8 Å². The van der Waals surface area contributed by atoms with Crippen LogP contribution in [0.15, 0.2) is 36.5 Å². The first-order valence-corrected chi connectivity index (χ1v) is 21.0. The van der Waals surface area contributed by atoms with Crippen molar-refractivity contribution < 1.29 is 32.8 Å². The molecule has 0 heterocycles. The zero-order chi connectivity index (χ0) is 35.2. The molecule has 0 aliphatic heterocycles. The van der Waals surface area contributed by atoms with E-state index in [4.69, 9.17) is 24.3 Å². The topological polar surface area (TPSA) is 117 Å². The molecule has 3 N–H and O–H groups in total. The summed E-state index contributed by atoms with van der Waals surface area (Å²) in [6, 6.07) is 0. The second-order valence-electron chi connectivity index (χ2n) is 12.8. The number of hydrogen-bond acceptors (Lipinski definition) is 7. The van der Waals surface area contributed by atoms with Crippen LogP contribution in [0.4, 0.5) is 0 Å². The molecule has 0 aromatic heterocycles. The van der Waals surface area contributed by atoms with Gasteiger partial charge in [0.05, 0.1) is 19.8 Å². The molecule has 48 heavy (non-hydrogen) atoms. The van der Waals surface area contributed by atoms with Crippen LogP contribution in [0, 0.1) is 0 Å². The molecule has 0 saturated heterocycles. The fraction of sp³-hybridized carbons (Fsp3) is 0.821. The second-order valence-corrected chi connectivity index (χ2v) is 14.2. The van der Waals surface area contributed by atoms with E-state index in [2.05, 4.69) is 50.3 Å². The van der Waals surface area contributed by atoms with Gasteiger partial charge in [-0.3, -0.25) is 13.8 Å². The van der Waals surface area contributed by atoms with Crippen molar-refractivity contribution in [1.82, 2.24) is 0 Å². The van der Waals surface area contributed by atoms with E-state index < -0.39 is 13.9 Å². The van der Waals surface area contributed by atoms with Crippen LogP contribution in [0.25, 0.3) is 0 Å². The lowest BCUT2D eigenvalue weighted by atomic mass is 10.1. The summed E-state index contributed by atoms with van der Waals surface area (Å²) in [5, 5.41) is 0. The zero-order valence-corrected chi connectivity index (χ0v) is 31.9. The average Bonchev–Trinajstić information content (AvgIpc) is 3.07. The molecule has 2 unspecified atom stereocenters. The fourth-order valence-electron chi connectivity index (χ4n) is 5.14. The van der Waals surface area contributed by atoms with Gasteiger partial charge in [0.25, 0.3) is 0 Å². The summed E-state index contributed by atoms with van der Waals surface area (Å²) in [4.78, 5) is 22.4. The maximum Gasteiger partial charge on any atom is 0.472 e. The number of carbonyl (C=O) groups is 1. The van der Waals surface area contributed by atoms with Crippen LogP contribution in [-0.2, 0) is 27.9 Å².